The molecule has 1 nitrogen and oxygen atoms in total. The van der Waals surface area contributed by atoms with Crippen LogP contribution in [0.5, 0.6) is 0 Å². The van der Waals surface area contributed by atoms with E-state index in [1.54, 1.807) is 11.3 Å². The molecule has 0 atom stereocenters. The summed E-state index contributed by atoms with van der Waals surface area (Å²) >= 11 is 1.75. The largest absolute Gasteiger partial charge is 0.289 e. The van der Waals surface area contributed by atoms with Crippen molar-refractivity contribution >= 4 is 21.4 Å². The number of fused-ring (bicyclic) bond motifs is 1. The van der Waals surface area contributed by atoms with Crippen LogP contribution in [0.1, 0.15) is 32.7 Å². The van der Waals surface area contributed by atoms with Gasteiger partial charge in [-0.1, -0.05) is 0 Å². The summed E-state index contributed by atoms with van der Waals surface area (Å²) in [5.74, 6) is 0. The van der Waals surface area contributed by atoms with E-state index in [0.29, 0.717) is 0 Å². The predicted octanol–water partition coefficient (Wildman–Crippen LogP) is 4.11. The standard InChI is InChI=1S/C15H18OS/c1-7-8(2)10(4)15-13(9(7)3)14(16)11(5)12(6)17-15/h1-6H3. The van der Waals surface area contributed by atoms with Crippen LogP contribution in [0, 0.1) is 41.5 Å². The van der Waals surface area contributed by atoms with Gasteiger partial charge in [-0.2, -0.15) is 0 Å². The Balaban J connectivity index is 3.18. The van der Waals surface area contributed by atoms with Crippen LogP contribution in [0.3, 0.4) is 0 Å². The summed E-state index contributed by atoms with van der Waals surface area (Å²) in [7, 11) is 0. The molecule has 0 radical (unpaired) electrons. The molecule has 1 aromatic heterocycles. The molecule has 0 N–H and O–H groups in total. The third-order valence-corrected chi connectivity index (χ3v) is 5.31. The summed E-state index contributed by atoms with van der Waals surface area (Å²) in [5.41, 5.74) is 6.07. The first-order valence-electron chi connectivity index (χ1n) is 5.86. The molecular weight excluding hydrogens is 228 g/mol. The highest BCUT2D eigenvalue weighted by molar-refractivity contribution is 7.18. The second-order valence-electron chi connectivity index (χ2n) is 4.82. The van der Waals surface area contributed by atoms with Crippen LogP contribution in [0.2, 0.25) is 0 Å². The van der Waals surface area contributed by atoms with Gasteiger partial charge in [0.25, 0.3) is 0 Å². The molecule has 1 aromatic carbocycles. The second-order valence-corrected chi connectivity index (χ2v) is 6.04. The number of hydrogen-bond donors (Lipinski definition) is 0. The Bertz CT molecular complexity index is 678. The van der Waals surface area contributed by atoms with Gasteiger partial charge >= 0.3 is 0 Å². The molecule has 17 heavy (non-hydrogen) atoms. The van der Waals surface area contributed by atoms with Crippen LogP contribution in [-0.4, -0.2) is 0 Å². The van der Waals surface area contributed by atoms with Gasteiger partial charge in [0.15, 0.2) is 5.43 Å². The Morgan fingerprint density at radius 3 is 1.82 bits per heavy atom. The maximum absolute atomic E-state index is 12.4. The highest BCUT2D eigenvalue weighted by Gasteiger charge is 2.14. The monoisotopic (exact) mass is 246 g/mol. The normalized spacial score (nSPS) is 11.2. The van der Waals surface area contributed by atoms with E-state index in [1.807, 2.05) is 13.8 Å². The first kappa shape index (κ1) is 12.3. The Morgan fingerprint density at radius 2 is 1.24 bits per heavy atom. The Labute approximate surface area is 106 Å². The summed E-state index contributed by atoms with van der Waals surface area (Å²) in [6.07, 6.45) is 0. The highest BCUT2D eigenvalue weighted by Crippen LogP contribution is 2.31. The van der Waals surface area contributed by atoms with Crippen molar-refractivity contribution in [3.8, 4) is 0 Å². The van der Waals surface area contributed by atoms with Crippen molar-refractivity contribution in [2.75, 3.05) is 0 Å². The quantitative estimate of drug-likeness (QED) is 0.683. The van der Waals surface area contributed by atoms with Gasteiger partial charge in [-0.25, -0.2) is 0 Å². The molecule has 0 saturated heterocycles. The van der Waals surface area contributed by atoms with Gasteiger partial charge in [0.05, 0.1) is 0 Å². The van der Waals surface area contributed by atoms with Crippen molar-refractivity contribution in [3.63, 3.8) is 0 Å². The number of aryl methyl sites for hydroxylation is 3. The SMILES string of the molecule is Cc1sc2c(C)c(C)c(C)c(C)c2c(=O)c1C. The van der Waals surface area contributed by atoms with E-state index in [1.165, 1.54) is 21.4 Å². The molecule has 1 heterocycles. The average molecular weight is 246 g/mol. The van der Waals surface area contributed by atoms with Crippen molar-refractivity contribution in [1.29, 1.82) is 0 Å². The van der Waals surface area contributed by atoms with Gasteiger partial charge in [0, 0.05) is 20.5 Å². The van der Waals surface area contributed by atoms with E-state index in [-0.39, 0.29) is 5.43 Å². The van der Waals surface area contributed by atoms with Gasteiger partial charge in [-0.15, -0.1) is 11.3 Å². The molecule has 2 heteroatoms. The summed E-state index contributed by atoms with van der Waals surface area (Å²) < 4.78 is 1.17. The summed E-state index contributed by atoms with van der Waals surface area (Å²) in [4.78, 5) is 13.5. The van der Waals surface area contributed by atoms with Crippen LogP contribution in [0.4, 0.5) is 0 Å². The van der Waals surface area contributed by atoms with E-state index in [2.05, 4.69) is 27.7 Å². The zero-order valence-corrected chi connectivity index (χ0v) is 12.1. The van der Waals surface area contributed by atoms with Gasteiger partial charge in [0.2, 0.25) is 0 Å². The summed E-state index contributed by atoms with van der Waals surface area (Å²) in [6.45, 7) is 12.4. The lowest BCUT2D eigenvalue weighted by Gasteiger charge is -2.14. The smallest absolute Gasteiger partial charge is 0.191 e. The summed E-state index contributed by atoms with van der Waals surface area (Å²) in [5, 5.41) is 0.929. The molecule has 0 aliphatic heterocycles. The van der Waals surface area contributed by atoms with Gasteiger partial charge in [0.1, 0.15) is 0 Å². The molecule has 2 rings (SSSR count). The van der Waals surface area contributed by atoms with Crippen LogP contribution in [0.15, 0.2) is 4.79 Å². The van der Waals surface area contributed by atoms with E-state index in [9.17, 15) is 4.79 Å². The molecule has 0 aliphatic rings. The maximum Gasteiger partial charge on any atom is 0.191 e. The predicted molar refractivity (Wildman–Crippen MR) is 76.5 cm³/mol. The second kappa shape index (κ2) is 3.95. The Hall–Kier alpha value is -1.15. The molecule has 0 aliphatic carbocycles. The van der Waals surface area contributed by atoms with Crippen molar-refractivity contribution in [1.82, 2.24) is 0 Å². The fourth-order valence-electron chi connectivity index (χ4n) is 2.26. The molecule has 0 unspecified atom stereocenters. The van der Waals surface area contributed by atoms with Crippen molar-refractivity contribution in [2.24, 2.45) is 0 Å². The third-order valence-electron chi connectivity index (χ3n) is 3.98. The lowest BCUT2D eigenvalue weighted by atomic mass is 9.95. The van der Waals surface area contributed by atoms with Crippen molar-refractivity contribution < 1.29 is 0 Å². The van der Waals surface area contributed by atoms with E-state index in [0.717, 1.165) is 21.4 Å². The fourth-order valence-corrected chi connectivity index (χ4v) is 3.46. The van der Waals surface area contributed by atoms with Crippen LogP contribution >= 0.6 is 11.3 Å². The Kier molecular flexibility index (Phi) is 2.86. The van der Waals surface area contributed by atoms with E-state index < -0.39 is 0 Å². The van der Waals surface area contributed by atoms with Crippen molar-refractivity contribution in [3.05, 3.63) is 42.9 Å². The number of hydrogen-bond acceptors (Lipinski definition) is 2. The number of benzene rings is 1. The molecular formula is C15H18OS. The highest BCUT2D eigenvalue weighted by atomic mass is 32.1. The van der Waals surface area contributed by atoms with Crippen LogP contribution in [0.25, 0.3) is 10.1 Å². The first-order chi connectivity index (χ1) is 7.86. The van der Waals surface area contributed by atoms with Gasteiger partial charge < -0.3 is 0 Å². The zero-order valence-electron chi connectivity index (χ0n) is 11.3. The molecule has 2 aromatic rings. The maximum atomic E-state index is 12.4. The molecule has 0 saturated carbocycles. The van der Waals surface area contributed by atoms with Gasteiger partial charge in [-0.05, 0) is 63.8 Å². The minimum Gasteiger partial charge on any atom is -0.289 e. The number of rotatable bonds is 0. The fraction of sp³-hybridized carbons (Fsp3) is 0.400. The van der Waals surface area contributed by atoms with Crippen LogP contribution in [-0.2, 0) is 0 Å². The topological polar surface area (TPSA) is 17.1 Å². The molecule has 0 bridgehead atoms. The molecule has 0 fully saturated rings. The van der Waals surface area contributed by atoms with E-state index in [4.69, 9.17) is 0 Å². The minimum absolute atomic E-state index is 0.208. The van der Waals surface area contributed by atoms with Crippen molar-refractivity contribution in [2.45, 2.75) is 41.5 Å². The summed E-state index contributed by atoms with van der Waals surface area (Å²) in [6, 6.07) is 0. The van der Waals surface area contributed by atoms with Crippen LogP contribution < -0.4 is 5.43 Å². The lowest BCUT2D eigenvalue weighted by molar-refractivity contribution is 1.25. The van der Waals surface area contributed by atoms with Gasteiger partial charge in [-0.3, -0.25) is 4.79 Å². The average Bonchev–Trinajstić information content (AvgIpc) is 2.30. The first-order valence-corrected chi connectivity index (χ1v) is 6.68. The Morgan fingerprint density at radius 1 is 0.706 bits per heavy atom. The third kappa shape index (κ3) is 1.62. The molecule has 90 valence electrons. The molecule has 0 spiro atoms. The van der Waals surface area contributed by atoms with E-state index >= 15 is 0 Å². The zero-order chi connectivity index (χ0) is 12.9. The minimum atomic E-state index is 0.208. The lowest BCUT2D eigenvalue weighted by Crippen LogP contribution is -2.10. The molecule has 0 amide bonds.